The van der Waals surface area contributed by atoms with Crippen LogP contribution in [0.3, 0.4) is 0 Å². The molecule has 1 rings (SSSR count). The third-order valence-electron chi connectivity index (χ3n) is 1.73. The maximum atomic E-state index is 13.2. The molecule has 1 aliphatic carbocycles. The van der Waals surface area contributed by atoms with Gasteiger partial charge in [0.25, 0.3) is 11.7 Å². The van der Waals surface area contributed by atoms with Crippen LogP contribution in [0.5, 0.6) is 0 Å². The van der Waals surface area contributed by atoms with Crippen molar-refractivity contribution < 1.29 is 14.2 Å². The minimum Gasteiger partial charge on any atom is -0.290 e. The van der Waals surface area contributed by atoms with Gasteiger partial charge >= 0.3 is 0 Å². The molecule has 0 aromatic heterocycles. The van der Waals surface area contributed by atoms with E-state index < -0.39 is 27.4 Å². The summed E-state index contributed by atoms with van der Waals surface area (Å²) in [6.45, 7) is 0. The summed E-state index contributed by atoms with van der Waals surface area (Å²) in [4.78, 5) is 18.7. The minimum absolute atomic E-state index is 0.537. The maximum Gasteiger partial charge on any atom is 0.288 e. The molecule has 0 saturated carbocycles. The van der Waals surface area contributed by atoms with Gasteiger partial charge in [-0.05, 0) is 6.08 Å². The Hall–Kier alpha value is -1.83. The van der Waals surface area contributed by atoms with Crippen molar-refractivity contribution >= 4 is 0 Å². The van der Waals surface area contributed by atoms with Gasteiger partial charge in [-0.3, -0.25) is 26.0 Å². The Morgan fingerprint density at radius 1 is 1.50 bits per heavy atom. The van der Waals surface area contributed by atoms with E-state index in [4.69, 9.17) is 5.73 Å². The highest BCUT2D eigenvalue weighted by molar-refractivity contribution is 5.25. The molecular formula is C6H6FN3O4. The standard InChI is InChI=1S/C6H6FN3O4/c7-6(8)2-1-4(9(11)12)3-5(6)10(13)14/h1-3,5H,8H2. The van der Waals surface area contributed by atoms with Crippen LogP contribution in [0.1, 0.15) is 0 Å². The predicted molar refractivity (Wildman–Crippen MR) is 43.0 cm³/mol. The Morgan fingerprint density at radius 2 is 2.07 bits per heavy atom. The molecule has 0 fully saturated rings. The fourth-order valence-corrected chi connectivity index (χ4v) is 1.00. The molecule has 2 atom stereocenters. The lowest BCUT2D eigenvalue weighted by Crippen LogP contribution is -2.49. The van der Waals surface area contributed by atoms with Gasteiger partial charge in [0.2, 0.25) is 5.79 Å². The highest BCUT2D eigenvalue weighted by Crippen LogP contribution is 2.22. The Kier molecular flexibility index (Phi) is 2.30. The normalized spacial score (nSPS) is 31.0. The molecule has 0 amide bonds. The molecule has 0 bridgehead atoms. The van der Waals surface area contributed by atoms with E-state index in [2.05, 4.69) is 0 Å². The molecule has 14 heavy (non-hydrogen) atoms. The number of allylic oxidation sites excluding steroid dienone is 1. The van der Waals surface area contributed by atoms with Crippen LogP contribution in [-0.2, 0) is 0 Å². The van der Waals surface area contributed by atoms with E-state index in [0.717, 1.165) is 6.08 Å². The van der Waals surface area contributed by atoms with Gasteiger partial charge in [0.1, 0.15) is 0 Å². The summed E-state index contributed by atoms with van der Waals surface area (Å²) >= 11 is 0. The van der Waals surface area contributed by atoms with Gasteiger partial charge in [-0.25, -0.2) is 4.39 Å². The molecule has 0 saturated heterocycles. The van der Waals surface area contributed by atoms with Crippen molar-refractivity contribution in [2.45, 2.75) is 11.8 Å². The number of nitrogens with two attached hydrogens (primary N) is 1. The Morgan fingerprint density at radius 3 is 2.50 bits per heavy atom. The molecule has 0 aromatic carbocycles. The highest BCUT2D eigenvalue weighted by atomic mass is 19.1. The smallest absolute Gasteiger partial charge is 0.288 e. The quantitative estimate of drug-likeness (QED) is 0.385. The van der Waals surface area contributed by atoms with Gasteiger partial charge in [-0.15, -0.1) is 0 Å². The fraction of sp³-hybridized carbons (Fsp3) is 0.333. The second kappa shape index (κ2) is 3.14. The van der Waals surface area contributed by atoms with E-state index in [0.29, 0.717) is 12.2 Å². The van der Waals surface area contributed by atoms with Crippen molar-refractivity contribution in [2.75, 3.05) is 0 Å². The molecule has 0 radical (unpaired) electrons. The van der Waals surface area contributed by atoms with E-state index in [1.165, 1.54) is 0 Å². The third-order valence-corrected chi connectivity index (χ3v) is 1.73. The van der Waals surface area contributed by atoms with Gasteiger partial charge < -0.3 is 0 Å². The van der Waals surface area contributed by atoms with Gasteiger partial charge in [0.15, 0.2) is 0 Å². The predicted octanol–water partition coefficient (Wildman–Crippen LogP) is -0.0134. The van der Waals surface area contributed by atoms with Crippen LogP contribution in [-0.4, -0.2) is 21.7 Å². The second-order valence-corrected chi connectivity index (χ2v) is 2.74. The molecule has 0 aromatic rings. The molecule has 76 valence electrons. The van der Waals surface area contributed by atoms with E-state index in [1.807, 2.05) is 0 Å². The first-order valence-corrected chi connectivity index (χ1v) is 3.51. The van der Waals surface area contributed by atoms with E-state index in [-0.39, 0.29) is 0 Å². The second-order valence-electron chi connectivity index (χ2n) is 2.74. The third kappa shape index (κ3) is 1.74. The van der Waals surface area contributed by atoms with Crippen LogP contribution in [0.2, 0.25) is 0 Å². The summed E-state index contributed by atoms with van der Waals surface area (Å²) in [5, 5.41) is 20.6. The number of nitro groups is 2. The van der Waals surface area contributed by atoms with Crippen LogP contribution in [0.25, 0.3) is 0 Å². The average molecular weight is 203 g/mol. The molecule has 1 aliphatic rings. The van der Waals surface area contributed by atoms with Crippen molar-refractivity contribution in [2.24, 2.45) is 5.73 Å². The molecule has 0 spiro atoms. The zero-order chi connectivity index (χ0) is 10.9. The first-order valence-electron chi connectivity index (χ1n) is 3.51. The summed E-state index contributed by atoms with van der Waals surface area (Å²) in [5.41, 5.74) is 4.39. The number of hydrogen-bond acceptors (Lipinski definition) is 5. The molecule has 0 heterocycles. The van der Waals surface area contributed by atoms with Crippen LogP contribution in [0, 0.1) is 20.2 Å². The monoisotopic (exact) mass is 203 g/mol. The van der Waals surface area contributed by atoms with Gasteiger partial charge in [0.05, 0.1) is 11.0 Å². The van der Waals surface area contributed by atoms with Gasteiger partial charge in [-0.1, -0.05) is 0 Å². The summed E-state index contributed by atoms with van der Waals surface area (Å²) in [6.07, 6.45) is 2.00. The molecule has 2 N–H and O–H groups in total. The summed E-state index contributed by atoms with van der Waals surface area (Å²) in [7, 11) is 0. The molecule has 8 heteroatoms. The Bertz CT molecular complexity index is 349. The zero-order valence-electron chi connectivity index (χ0n) is 6.79. The van der Waals surface area contributed by atoms with E-state index in [1.54, 1.807) is 0 Å². The topological polar surface area (TPSA) is 112 Å². The maximum absolute atomic E-state index is 13.2. The minimum atomic E-state index is -2.68. The van der Waals surface area contributed by atoms with Gasteiger partial charge in [0, 0.05) is 11.0 Å². The van der Waals surface area contributed by atoms with Crippen molar-refractivity contribution in [1.29, 1.82) is 0 Å². The van der Waals surface area contributed by atoms with Crippen molar-refractivity contribution in [3.05, 3.63) is 44.2 Å². The number of nitrogens with zero attached hydrogens (tertiary/aromatic N) is 2. The number of hydrogen-bond donors (Lipinski definition) is 1. The Balaban J connectivity index is 3.07. The molecule has 7 nitrogen and oxygen atoms in total. The zero-order valence-corrected chi connectivity index (χ0v) is 6.79. The average Bonchev–Trinajstić information content (AvgIpc) is 2.02. The molecule has 2 unspecified atom stereocenters. The van der Waals surface area contributed by atoms with Gasteiger partial charge in [-0.2, -0.15) is 0 Å². The number of halogens is 1. The lowest BCUT2D eigenvalue weighted by Gasteiger charge is -2.19. The van der Waals surface area contributed by atoms with E-state index in [9.17, 15) is 24.6 Å². The van der Waals surface area contributed by atoms with E-state index >= 15 is 0 Å². The lowest BCUT2D eigenvalue weighted by atomic mass is 10.0. The number of alkyl halides is 1. The number of rotatable bonds is 2. The SMILES string of the molecule is NC1(F)C=CC([N+](=O)[O-])=CC1[N+](=O)[O-]. The van der Waals surface area contributed by atoms with Crippen molar-refractivity contribution in [1.82, 2.24) is 0 Å². The first kappa shape index (κ1) is 10.3. The van der Waals surface area contributed by atoms with Crippen molar-refractivity contribution in [3.8, 4) is 0 Å². The fourth-order valence-electron chi connectivity index (χ4n) is 1.00. The van der Waals surface area contributed by atoms with Crippen LogP contribution in [0.15, 0.2) is 23.9 Å². The molecule has 0 aliphatic heterocycles. The van der Waals surface area contributed by atoms with Crippen molar-refractivity contribution in [3.63, 3.8) is 0 Å². The Labute approximate surface area is 77.0 Å². The van der Waals surface area contributed by atoms with Crippen LogP contribution >= 0.6 is 0 Å². The first-order chi connectivity index (χ1) is 6.34. The highest BCUT2D eigenvalue weighted by Gasteiger charge is 2.45. The summed E-state index contributed by atoms with van der Waals surface area (Å²) in [5.74, 6) is -2.68. The largest absolute Gasteiger partial charge is 0.290 e. The summed E-state index contributed by atoms with van der Waals surface area (Å²) < 4.78 is 13.2. The lowest BCUT2D eigenvalue weighted by molar-refractivity contribution is -0.527. The summed E-state index contributed by atoms with van der Waals surface area (Å²) in [6, 6.07) is -1.92. The van der Waals surface area contributed by atoms with Crippen LogP contribution < -0.4 is 5.73 Å². The molecular weight excluding hydrogens is 197 g/mol. The van der Waals surface area contributed by atoms with Crippen LogP contribution in [0.4, 0.5) is 4.39 Å².